The van der Waals surface area contributed by atoms with Gasteiger partial charge in [-0.15, -0.1) is 0 Å². The zero-order chi connectivity index (χ0) is 19.8. The van der Waals surface area contributed by atoms with Crippen molar-refractivity contribution in [3.63, 3.8) is 0 Å². The minimum Gasteiger partial charge on any atom is -0.391 e. The molecule has 0 aliphatic carbocycles. The number of benzene rings is 1. The molecule has 1 spiro atoms. The van der Waals surface area contributed by atoms with Crippen LogP contribution >= 0.6 is 0 Å². The third kappa shape index (κ3) is 3.69. The van der Waals surface area contributed by atoms with Gasteiger partial charge >= 0.3 is 0 Å². The molecule has 0 saturated carbocycles. The maximum Gasteiger partial charge on any atom is 0.242 e. The second-order valence-electron chi connectivity index (χ2n) is 7.69. The molecule has 3 rings (SSSR count). The largest absolute Gasteiger partial charge is 0.391 e. The third-order valence-corrected chi connectivity index (χ3v) is 5.83. The van der Waals surface area contributed by atoms with Crippen LogP contribution in [0.5, 0.6) is 0 Å². The molecule has 2 aliphatic heterocycles. The summed E-state index contributed by atoms with van der Waals surface area (Å²) in [4.78, 5) is 28.0. The van der Waals surface area contributed by atoms with Crippen molar-refractivity contribution in [3.05, 3.63) is 35.6 Å². The van der Waals surface area contributed by atoms with Gasteiger partial charge in [0.25, 0.3) is 0 Å². The van der Waals surface area contributed by atoms with Crippen molar-refractivity contribution in [3.8, 4) is 0 Å². The molecule has 1 aromatic rings. The first-order chi connectivity index (χ1) is 12.7. The van der Waals surface area contributed by atoms with E-state index < -0.39 is 23.6 Å². The molecular formula is C19H27FN4O3. The number of carbonyl (C=O) groups excluding carboxylic acids is 2. The van der Waals surface area contributed by atoms with Gasteiger partial charge in [0.15, 0.2) is 0 Å². The van der Waals surface area contributed by atoms with Gasteiger partial charge in [-0.05, 0) is 44.5 Å². The molecule has 2 unspecified atom stereocenters. The highest BCUT2D eigenvalue weighted by molar-refractivity contribution is 5.93. The molecule has 2 amide bonds. The van der Waals surface area contributed by atoms with E-state index in [0.29, 0.717) is 19.6 Å². The van der Waals surface area contributed by atoms with Crippen molar-refractivity contribution >= 4 is 11.8 Å². The molecule has 4 atom stereocenters. The molecular weight excluding hydrogens is 351 g/mol. The molecule has 7 nitrogen and oxygen atoms in total. The van der Waals surface area contributed by atoms with E-state index in [4.69, 9.17) is 5.73 Å². The molecule has 2 heterocycles. The minimum absolute atomic E-state index is 0.0109. The first-order valence-electron chi connectivity index (χ1n) is 9.22. The van der Waals surface area contributed by atoms with Gasteiger partial charge in [0.05, 0.1) is 6.10 Å². The van der Waals surface area contributed by atoms with Crippen LogP contribution in [0.1, 0.15) is 25.3 Å². The highest BCUT2D eigenvalue weighted by atomic mass is 19.1. The fraction of sp³-hybridized carbons (Fsp3) is 0.579. The molecule has 2 aliphatic rings. The van der Waals surface area contributed by atoms with Crippen molar-refractivity contribution < 1.29 is 19.1 Å². The second-order valence-corrected chi connectivity index (χ2v) is 7.69. The maximum atomic E-state index is 13.2. The number of likely N-dealkylation sites (N-methyl/N-ethyl adjacent to an activating group) is 1. The van der Waals surface area contributed by atoms with Crippen LogP contribution in [0, 0.1) is 5.82 Å². The Labute approximate surface area is 158 Å². The number of primary amides is 1. The number of halogens is 1. The summed E-state index contributed by atoms with van der Waals surface area (Å²) < 4.78 is 13.2. The van der Waals surface area contributed by atoms with E-state index in [0.717, 1.165) is 18.4 Å². The Morgan fingerprint density at radius 2 is 2.15 bits per heavy atom. The summed E-state index contributed by atoms with van der Waals surface area (Å²) in [5.41, 5.74) is 5.82. The first kappa shape index (κ1) is 19.7. The molecule has 0 bridgehead atoms. The van der Waals surface area contributed by atoms with Crippen LogP contribution in [0.25, 0.3) is 0 Å². The number of amides is 2. The van der Waals surface area contributed by atoms with Crippen LogP contribution in [0.3, 0.4) is 0 Å². The van der Waals surface area contributed by atoms with Crippen molar-refractivity contribution in [2.45, 2.75) is 50.0 Å². The number of nitrogens with two attached hydrogens (primary N) is 1. The van der Waals surface area contributed by atoms with Crippen molar-refractivity contribution in [2.75, 3.05) is 20.1 Å². The number of β-lactam (4-membered cyclic amide) rings is 1. The number of likely N-dealkylation sites (tertiary alicyclic amines) is 1. The van der Waals surface area contributed by atoms with Gasteiger partial charge in [-0.1, -0.05) is 12.1 Å². The lowest BCUT2D eigenvalue weighted by molar-refractivity contribution is -0.143. The topological polar surface area (TPSA) is 98.9 Å². The summed E-state index contributed by atoms with van der Waals surface area (Å²) in [5.74, 6) is -0.864. The standard InChI is InChI=1S/C19H27FN4O3/c1-12(25)16(17(21)26)23(2)10-15-7-8-19(11-22-18(19)27)24(15)9-13-3-5-14(20)6-4-13/h3-6,12,15-16,25H,7-11H2,1-2H3,(H2,21,26)(H,22,27)/t12-,15?,16+,19?/m1/s1. The van der Waals surface area contributed by atoms with Gasteiger partial charge in [-0.25, -0.2) is 4.39 Å². The normalized spacial score (nSPS) is 27.4. The van der Waals surface area contributed by atoms with Crippen LogP contribution in [0.2, 0.25) is 0 Å². The Bertz CT molecular complexity index is 711. The Morgan fingerprint density at radius 3 is 2.63 bits per heavy atom. The summed E-state index contributed by atoms with van der Waals surface area (Å²) in [6.07, 6.45) is 0.638. The van der Waals surface area contributed by atoms with Crippen LogP contribution in [-0.2, 0) is 16.1 Å². The Balaban J connectivity index is 1.79. The van der Waals surface area contributed by atoms with E-state index >= 15 is 0 Å². The average molecular weight is 378 g/mol. The number of nitrogens with zero attached hydrogens (tertiary/aromatic N) is 2. The Hall–Kier alpha value is -2.03. The fourth-order valence-electron chi connectivity index (χ4n) is 4.38. The molecule has 148 valence electrons. The fourth-order valence-corrected chi connectivity index (χ4v) is 4.38. The number of hydrogen-bond donors (Lipinski definition) is 3. The third-order valence-electron chi connectivity index (χ3n) is 5.83. The second kappa shape index (κ2) is 7.53. The van der Waals surface area contributed by atoms with E-state index in [2.05, 4.69) is 10.2 Å². The number of hydrogen-bond acceptors (Lipinski definition) is 5. The Morgan fingerprint density at radius 1 is 1.48 bits per heavy atom. The van der Waals surface area contributed by atoms with E-state index in [1.807, 2.05) is 0 Å². The molecule has 2 fully saturated rings. The molecule has 27 heavy (non-hydrogen) atoms. The highest BCUT2D eigenvalue weighted by Crippen LogP contribution is 2.39. The number of aliphatic hydroxyl groups excluding tert-OH is 1. The number of rotatable bonds is 7. The summed E-state index contributed by atoms with van der Waals surface area (Å²) in [5, 5.41) is 12.7. The van der Waals surface area contributed by atoms with Gasteiger partial charge in [0.1, 0.15) is 17.4 Å². The molecule has 0 aromatic heterocycles. The molecule has 4 N–H and O–H groups in total. The molecule has 0 radical (unpaired) electrons. The maximum absolute atomic E-state index is 13.2. The van der Waals surface area contributed by atoms with E-state index in [9.17, 15) is 19.1 Å². The smallest absolute Gasteiger partial charge is 0.242 e. The average Bonchev–Trinajstić information content (AvgIpc) is 2.95. The van der Waals surface area contributed by atoms with E-state index in [1.54, 1.807) is 24.1 Å². The molecule has 1 aromatic carbocycles. The van der Waals surface area contributed by atoms with Gasteiger partial charge in [0.2, 0.25) is 11.8 Å². The van der Waals surface area contributed by atoms with Crippen molar-refractivity contribution in [1.29, 1.82) is 0 Å². The quantitative estimate of drug-likeness (QED) is 0.572. The summed E-state index contributed by atoms with van der Waals surface area (Å²) >= 11 is 0. The zero-order valence-electron chi connectivity index (χ0n) is 15.7. The van der Waals surface area contributed by atoms with Gasteiger partial charge < -0.3 is 16.2 Å². The van der Waals surface area contributed by atoms with Crippen molar-refractivity contribution in [2.24, 2.45) is 5.73 Å². The number of carbonyl (C=O) groups is 2. The van der Waals surface area contributed by atoms with Crippen LogP contribution in [0.15, 0.2) is 24.3 Å². The lowest BCUT2D eigenvalue weighted by atomic mass is 9.88. The van der Waals surface area contributed by atoms with E-state index in [1.165, 1.54) is 19.1 Å². The highest BCUT2D eigenvalue weighted by Gasteiger charge is 2.56. The van der Waals surface area contributed by atoms with Gasteiger partial charge in [0, 0.05) is 25.7 Å². The number of aliphatic hydroxyl groups is 1. The predicted molar refractivity (Wildman–Crippen MR) is 98.0 cm³/mol. The van der Waals surface area contributed by atoms with Crippen LogP contribution in [0.4, 0.5) is 4.39 Å². The molecule has 2 saturated heterocycles. The molecule has 8 heteroatoms. The monoisotopic (exact) mass is 378 g/mol. The van der Waals surface area contributed by atoms with Gasteiger partial charge in [-0.2, -0.15) is 0 Å². The predicted octanol–water partition coefficient (Wildman–Crippen LogP) is -0.175. The minimum atomic E-state index is -0.889. The first-order valence-corrected chi connectivity index (χ1v) is 9.22. The van der Waals surface area contributed by atoms with Gasteiger partial charge in [-0.3, -0.25) is 19.4 Å². The summed E-state index contributed by atoms with van der Waals surface area (Å²) in [6, 6.07) is 5.51. The zero-order valence-corrected chi connectivity index (χ0v) is 15.7. The summed E-state index contributed by atoms with van der Waals surface area (Å²) in [7, 11) is 1.75. The Kier molecular flexibility index (Phi) is 5.50. The van der Waals surface area contributed by atoms with E-state index in [-0.39, 0.29) is 17.8 Å². The SMILES string of the molecule is C[C@@H](O)[C@@H](C(N)=O)N(C)CC1CCC2(CNC2=O)N1Cc1ccc(F)cc1. The summed E-state index contributed by atoms with van der Waals surface area (Å²) in [6.45, 7) is 3.14. The number of nitrogens with one attached hydrogen (secondary N) is 1. The van der Waals surface area contributed by atoms with Crippen LogP contribution in [-0.4, -0.2) is 70.6 Å². The lowest BCUT2D eigenvalue weighted by Crippen LogP contribution is -2.71. The van der Waals surface area contributed by atoms with Crippen LogP contribution < -0.4 is 11.1 Å². The lowest BCUT2D eigenvalue weighted by Gasteiger charge is -2.47. The van der Waals surface area contributed by atoms with Crippen molar-refractivity contribution in [1.82, 2.24) is 15.1 Å².